The van der Waals surface area contributed by atoms with Crippen molar-refractivity contribution in [3.05, 3.63) is 84.4 Å². The lowest BCUT2D eigenvalue weighted by atomic mass is 9.65. The first-order chi connectivity index (χ1) is 22.3. The molecule has 3 N–H and O–H groups in total. The fraction of sp³-hybridized carbons (Fsp3) is 0.417. The summed E-state index contributed by atoms with van der Waals surface area (Å²) in [7, 11) is 1.57. The zero-order chi connectivity index (χ0) is 32.5. The van der Waals surface area contributed by atoms with Gasteiger partial charge in [-0.25, -0.2) is 0 Å². The number of nitrogens with zero attached hydrogens (tertiary/aromatic N) is 1. The van der Waals surface area contributed by atoms with E-state index < -0.39 is 41.0 Å². The number of ether oxygens (including phenoxy) is 3. The number of methoxy groups -OCH3 is 1. The first kappa shape index (κ1) is 31.6. The molecule has 10 nitrogen and oxygen atoms in total. The molecule has 0 radical (unpaired) electrons. The quantitative estimate of drug-likeness (QED) is 0.271. The van der Waals surface area contributed by atoms with E-state index in [4.69, 9.17) is 14.2 Å². The predicted molar refractivity (Wildman–Crippen MR) is 173 cm³/mol. The van der Waals surface area contributed by atoms with Gasteiger partial charge in [-0.05, 0) is 86.7 Å². The summed E-state index contributed by atoms with van der Waals surface area (Å²) in [5.41, 5.74) is -0.129. The van der Waals surface area contributed by atoms with Crippen LogP contribution in [0.5, 0.6) is 11.5 Å². The number of carbonyl (C=O) groups excluding carboxylic acids is 3. The van der Waals surface area contributed by atoms with Gasteiger partial charge in [0.2, 0.25) is 17.7 Å². The Morgan fingerprint density at radius 1 is 0.935 bits per heavy atom. The summed E-state index contributed by atoms with van der Waals surface area (Å²) in [4.78, 5) is 44.7. The van der Waals surface area contributed by atoms with Gasteiger partial charge >= 0.3 is 0 Å². The summed E-state index contributed by atoms with van der Waals surface area (Å²) in [5.74, 6) is -1.51. The van der Waals surface area contributed by atoms with E-state index in [-0.39, 0.29) is 18.4 Å². The molecule has 3 aromatic rings. The number of amides is 3. The van der Waals surface area contributed by atoms with Crippen molar-refractivity contribution in [1.82, 2.24) is 4.90 Å². The van der Waals surface area contributed by atoms with Gasteiger partial charge in [0.15, 0.2) is 0 Å². The monoisotopic (exact) mass is 627 g/mol. The Balaban J connectivity index is 1.37. The highest BCUT2D eigenvalue weighted by Gasteiger charge is 2.79. The van der Waals surface area contributed by atoms with Gasteiger partial charge in [0, 0.05) is 11.4 Å². The summed E-state index contributed by atoms with van der Waals surface area (Å²) in [5, 5.41) is 16.7. The average molecular weight is 628 g/mol. The maximum Gasteiger partial charge on any atom is 0.250 e. The Labute approximate surface area is 269 Å². The van der Waals surface area contributed by atoms with Crippen molar-refractivity contribution in [3.8, 4) is 11.5 Å². The largest absolute Gasteiger partial charge is 0.497 e. The van der Waals surface area contributed by atoms with Crippen molar-refractivity contribution in [1.29, 1.82) is 0 Å². The van der Waals surface area contributed by atoms with E-state index in [1.165, 1.54) is 4.90 Å². The van der Waals surface area contributed by atoms with Crippen LogP contribution in [0.3, 0.4) is 0 Å². The lowest BCUT2D eigenvalue weighted by Crippen LogP contribution is -2.57. The van der Waals surface area contributed by atoms with Crippen LogP contribution in [-0.2, 0) is 25.5 Å². The van der Waals surface area contributed by atoms with Crippen molar-refractivity contribution in [2.24, 2.45) is 11.8 Å². The van der Waals surface area contributed by atoms with Gasteiger partial charge in [-0.3, -0.25) is 14.4 Å². The van der Waals surface area contributed by atoms with E-state index in [0.29, 0.717) is 55.2 Å². The molecule has 3 aromatic carbocycles. The third-order valence-electron chi connectivity index (χ3n) is 9.86. The molecule has 3 aliphatic rings. The summed E-state index contributed by atoms with van der Waals surface area (Å²) in [6, 6.07) is 21.8. The second-order valence-electron chi connectivity index (χ2n) is 12.3. The fourth-order valence-corrected chi connectivity index (χ4v) is 7.79. The Hall–Kier alpha value is -4.41. The van der Waals surface area contributed by atoms with Crippen molar-refractivity contribution < 1.29 is 33.7 Å². The number of likely N-dealkylation sites (tertiary alicyclic amines) is 1. The summed E-state index contributed by atoms with van der Waals surface area (Å²) >= 11 is 0. The van der Waals surface area contributed by atoms with Gasteiger partial charge in [-0.15, -0.1) is 0 Å². The number of aliphatic hydroxyl groups is 1. The number of fused-ring (bicyclic) bond motifs is 1. The number of carbonyl (C=O) groups is 3. The zero-order valence-corrected chi connectivity index (χ0v) is 26.4. The molecule has 46 heavy (non-hydrogen) atoms. The average Bonchev–Trinajstić information content (AvgIpc) is 3.69. The van der Waals surface area contributed by atoms with E-state index in [0.717, 1.165) is 5.56 Å². The number of benzene rings is 3. The number of rotatable bonds is 12. The van der Waals surface area contributed by atoms with Crippen LogP contribution in [0, 0.1) is 11.8 Å². The zero-order valence-electron chi connectivity index (χ0n) is 26.4. The minimum atomic E-state index is -1.24. The maximum absolute atomic E-state index is 14.7. The number of anilines is 2. The molecule has 242 valence electrons. The lowest BCUT2D eigenvalue weighted by Gasteiger charge is -2.37. The predicted octanol–water partition coefficient (Wildman–Crippen LogP) is 4.43. The highest BCUT2D eigenvalue weighted by Crippen LogP contribution is 2.64. The van der Waals surface area contributed by atoms with Gasteiger partial charge in [-0.2, -0.15) is 0 Å². The van der Waals surface area contributed by atoms with Gasteiger partial charge in [0.1, 0.15) is 23.1 Å². The maximum atomic E-state index is 14.7. The normalized spacial score (nSPS) is 26.8. The molecule has 10 heteroatoms. The van der Waals surface area contributed by atoms with E-state index in [1.807, 2.05) is 44.2 Å². The highest BCUT2D eigenvalue weighted by molar-refractivity contribution is 6.05. The molecule has 2 unspecified atom stereocenters. The molecule has 0 saturated carbocycles. The third kappa shape index (κ3) is 5.39. The van der Waals surface area contributed by atoms with Crippen LogP contribution in [0.15, 0.2) is 78.9 Å². The molecular formula is C36H41N3O7. The third-order valence-corrected chi connectivity index (χ3v) is 9.86. The van der Waals surface area contributed by atoms with Gasteiger partial charge in [0.25, 0.3) is 0 Å². The van der Waals surface area contributed by atoms with E-state index in [9.17, 15) is 19.5 Å². The first-order valence-electron chi connectivity index (χ1n) is 15.9. The molecule has 0 aromatic heterocycles. The van der Waals surface area contributed by atoms with Crippen LogP contribution >= 0.6 is 0 Å². The Morgan fingerprint density at radius 2 is 1.57 bits per heavy atom. The van der Waals surface area contributed by atoms with Crippen molar-refractivity contribution in [3.63, 3.8) is 0 Å². The van der Waals surface area contributed by atoms with Crippen molar-refractivity contribution in [2.75, 3.05) is 31.0 Å². The molecule has 3 amide bonds. The van der Waals surface area contributed by atoms with E-state index >= 15 is 0 Å². The van der Waals surface area contributed by atoms with Crippen LogP contribution in [0.1, 0.15) is 38.7 Å². The minimum absolute atomic E-state index is 0.328. The Kier molecular flexibility index (Phi) is 8.76. The number of hydrogen-bond donors (Lipinski definition) is 3. The Bertz CT molecular complexity index is 1560. The first-order valence-corrected chi connectivity index (χ1v) is 15.9. The smallest absolute Gasteiger partial charge is 0.250 e. The SMILES string of the molecule is CCOc1ccc(NC(=O)[C@@H]2[C@H]3C(=O)N([C@@H](CO)Cc4ccccc4)C(C(=O)Nc4ccc(OC)cc4)C34CC[C@@]2(CC)O4)cc1. The van der Waals surface area contributed by atoms with Crippen molar-refractivity contribution >= 4 is 29.1 Å². The molecule has 3 aliphatic heterocycles. The summed E-state index contributed by atoms with van der Waals surface area (Å²) < 4.78 is 17.7. The molecule has 3 fully saturated rings. The van der Waals surface area contributed by atoms with Gasteiger partial charge < -0.3 is 34.9 Å². The van der Waals surface area contributed by atoms with E-state index in [2.05, 4.69) is 10.6 Å². The number of nitrogens with one attached hydrogen (secondary N) is 2. The fourth-order valence-electron chi connectivity index (χ4n) is 7.79. The highest BCUT2D eigenvalue weighted by atomic mass is 16.5. The molecular weight excluding hydrogens is 586 g/mol. The number of hydrogen-bond acceptors (Lipinski definition) is 7. The standard InChI is InChI=1S/C36H41N3O7/c1-4-35-19-20-36(46-35)30(29(35)32(41)37-24-13-17-28(18-14-24)45-5-2)34(43)39(26(22-40)21-23-9-7-6-8-10-23)31(36)33(42)38-25-11-15-27(44-3)16-12-25/h6-18,26,29-31,40H,4-5,19-22H2,1-3H3,(H,37,41)(H,38,42)/t26-,29+,30+,31?,35-,36?/m1/s1. The van der Waals surface area contributed by atoms with Crippen LogP contribution in [0.25, 0.3) is 0 Å². The van der Waals surface area contributed by atoms with Gasteiger partial charge in [-0.1, -0.05) is 37.3 Å². The molecule has 0 aliphatic carbocycles. The molecule has 1 spiro atoms. The van der Waals surface area contributed by atoms with Crippen LogP contribution < -0.4 is 20.1 Å². The van der Waals surface area contributed by atoms with Crippen LogP contribution in [-0.4, -0.2) is 71.3 Å². The second-order valence-corrected chi connectivity index (χ2v) is 12.3. The lowest BCUT2D eigenvalue weighted by molar-refractivity contribution is -0.148. The topological polar surface area (TPSA) is 126 Å². The molecule has 2 bridgehead atoms. The molecule has 6 atom stereocenters. The molecule has 3 saturated heterocycles. The van der Waals surface area contributed by atoms with E-state index in [1.54, 1.807) is 55.6 Å². The van der Waals surface area contributed by atoms with Crippen LogP contribution in [0.4, 0.5) is 11.4 Å². The number of aliphatic hydroxyl groups excluding tert-OH is 1. The van der Waals surface area contributed by atoms with Gasteiger partial charge in [0.05, 0.1) is 43.8 Å². The summed E-state index contributed by atoms with van der Waals surface area (Å²) in [6.07, 6.45) is 1.79. The van der Waals surface area contributed by atoms with Crippen LogP contribution in [0.2, 0.25) is 0 Å². The molecule has 6 rings (SSSR count). The minimum Gasteiger partial charge on any atom is -0.497 e. The Morgan fingerprint density at radius 3 is 2.15 bits per heavy atom. The van der Waals surface area contributed by atoms with Crippen molar-refractivity contribution in [2.45, 2.75) is 62.8 Å². The molecule has 3 heterocycles. The summed E-state index contributed by atoms with van der Waals surface area (Å²) in [6.45, 7) is 4.02. The second kappa shape index (κ2) is 12.8.